The Bertz CT molecular complexity index is 238. The molecule has 88 valence electrons. The van der Waals surface area contributed by atoms with Gasteiger partial charge in [0.15, 0.2) is 0 Å². The van der Waals surface area contributed by atoms with Gasteiger partial charge in [0.25, 0.3) is 0 Å². The molecule has 0 radical (unpaired) electrons. The molecule has 0 unspecified atom stereocenters. The summed E-state index contributed by atoms with van der Waals surface area (Å²) in [5, 5.41) is 3.12. The van der Waals surface area contributed by atoms with E-state index in [1.54, 1.807) is 0 Å². The molecular formula is C13H25NO. The van der Waals surface area contributed by atoms with Crippen LogP contribution < -0.4 is 5.32 Å². The summed E-state index contributed by atoms with van der Waals surface area (Å²) < 4.78 is 0. The normalized spacial score (nSPS) is 27.1. The molecular weight excluding hydrogens is 186 g/mol. The summed E-state index contributed by atoms with van der Waals surface area (Å²) in [5.74, 6) is 0.947. The first kappa shape index (κ1) is 12.5. The summed E-state index contributed by atoms with van der Waals surface area (Å²) in [6.07, 6.45) is 2.29. The van der Waals surface area contributed by atoms with Crippen molar-refractivity contribution in [1.82, 2.24) is 5.32 Å². The van der Waals surface area contributed by atoms with Crippen molar-refractivity contribution in [2.24, 2.45) is 16.7 Å². The van der Waals surface area contributed by atoms with Crippen molar-refractivity contribution in [2.75, 3.05) is 0 Å². The molecule has 1 fully saturated rings. The fraction of sp³-hybridized carbons (Fsp3) is 0.923. The van der Waals surface area contributed by atoms with E-state index in [2.05, 4.69) is 26.1 Å². The van der Waals surface area contributed by atoms with Crippen molar-refractivity contribution in [3.63, 3.8) is 0 Å². The Kier molecular flexibility index (Phi) is 3.18. The summed E-state index contributed by atoms with van der Waals surface area (Å²) >= 11 is 0. The third-order valence-electron chi connectivity index (χ3n) is 3.38. The highest BCUT2D eigenvalue weighted by atomic mass is 16.2. The first-order valence-corrected chi connectivity index (χ1v) is 5.91. The van der Waals surface area contributed by atoms with Crippen LogP contribution in [-0.2, 0) is 4.79 Å². The zero-order valence-corrected chi connectivity index (χ0v) is 11.0. The van der Waals surface area contributed by atoms with Crippen molar-refractivity contribution in [3.8, 4) is 0 Å². The Balaban J connectivity index is 2.33. The van der Waals surface area contributed by atoms with Crippen LogP contribution >= 0.6 is 0 Å². The number of rotatable bonds is 1. The second kappa shape index (κ2) is 3.80. The molecule has 0 aromatic carbocycles. The minimum atomic E-state index is -0.257. The van der Waals surface area contributed by atoms with Crippen molar-refractivity contribution in [2.45, 2.75) is 60.4 Å². The van der Waals surface area contributed by atoms with Crippen LogP contribution in [0.3, 0.4) is 0 Å². The van der Waals surface area contributed by atoms with Gasteiger partial charge in [-0.05, 0) is 24.2 Å². The van der Waals surface area contributed by atoms with E-state index in [-0.39, 0.29) is 11.3 Å². The van der Waals surface area contributed by atoms with Crippen LogP contribution in [0.4, 0.5) is 0 Å². The molecule has 0 aliphatic heterocycles. The van der Waals surface area contributed by atoms with Gasteiger partial charge in [-0.1, -0.05) is 41.5 Å². The van der Waals surface area contributed by atoms with E-state index < -0.39 is 0 Å². The van der Waals surface area contributed by atoms with Gasteiger partial charge in [-0.3, -0.25) is 4.79 Å². The molecule has 1 aliphatic rings. The highest BCUT2D eigenvalue weighted by molar-refractivity contribution is 5.81. The van der Waals surface area contributed by atoms with Gasteiger partial charge < -0.3 is 5.32 Å². The zero-order chi connectivity index (χ0) is 11.9. The van der Waals surface area contributed by atoms with Crippen LogP contribution in [-0.4, -0.2) is 11.9 Å². The van der Waals surface area contributed by atoms with Crippen molar-refractivity contribution < 1.29 is 4.79 Å². The largest absolute Gasteiger partial charge is 0.353 e. The molecule has 0 atom stereocenters. The zero-order valence-electron chi connectivity index (χ0n) is 11.0. The average Bonchev–Trinajstić information content (AvgIpc) is 1.90. The van der Waals surface area contributed by atoms with Gasteiger partial charge in [0.2, 0.25) is 5.91 Å². The molecule has 15 heavy (non-hydrogen) atoms. The fourth-order valence-corrected chi connectivity index (χ4v) is 1.84. The highest BCUT2D eigenvalue weighted by Crippen LogP contribution is 2.41. The lowest BCUT2D eigenvalue weighted by molar-refractivity contribution is -0.130. The maximum atomic E-state index is 11.7. The van der Waals surface area contributed by atoms with Gasteiger partial charge in [-0.25, -0.2) is 0 Å². The first-order chi connectivity index (χ1) is 6.60. The molecule has 2 heteroatoms. The molecule has 1 N–H and O–H groups in total. The van der Waals surface area contributed by atoms with E-state index in [1.165, 1.54) is 0 Å². The maximum Gasteiger partial charge on any atom is 0.225 e. The summed E-state index contributed by atoms with van der Waals surface area (Å²) in [5.41, 5.74) is 0.135. The molecule has 1 amide bonds. The first-order valence-electron chi connectivity index (χ1n) is 5.91. The number of carbonyl (C=O) groups is 1. The monoisotopic (exact) mass is 211 g/mol. The number of hydrogen-bond acceptors (Lipinski definition) is 1. The summed E-state index contributed by atoms with van der Waals surface area (Å²) in [6, 6.07) is 0.418. The van der Waals surface area contributed by atoms with Crippen LogP contribution in [0.25, 0.3) is 0 Å². The lowest BCUT2D eigenvalue weighted by Gasteiger charge is -2.44. The van der Waals surface area contributed by atoms with Gasteiger partial charge >= 0.3 is 0 Å². The quantitative estimate of drug-likeness (QED) is 0.710. The molecule has 1 saturated carbocycles. The van der Waals surface area contributed by atoms with E-state index in [0.717, 1.165) is 18.8 Å². The number of carbonyl (C=O) groups excluding carboxylic acids is 1. The summed E-state index contributed by atoms with van der Waals surface area (Å²) in [4.78, 5) is 11.7. The molecule has 2 nitrogen and oxygen atoms in total. The predicted octanol–water partition coefficient (Wildman–Crippen LogP) is 2.97. The molecule has 0 aromatic rings. The second-order valence-corrected chi connectivity index (χ2v) is 6.95. The highest BCUT2D eigenvalue weighted by Gasteiger charge is 2.38. The number of nitrogens with one attached hydrogen (secondary N) is 1. The minimum Gasteiger partial charge on any atom is -0.353 e. The van der Waals surface area contributed by atoms with Gasteiger partial charge in [0, 0.05) is 11.5 Å². The molecule has 1 aliphatic carbocycles. The van der Waals surface area contributed by atoms with Crippen LogP contribution in [0.15, 0.2) is 0 Å². The lowest BCUT2D eigenvalue weighted by atomic mass is 9.66. The fourth-order valence-electron chi connectivity index (χ4n) is 1.84. The number of amides is 1. The number of hydrogen-bond donors (Lipinski definition) is 1. The predicted molar refractivity (Wildman–Crippen MR) is 63.6 cm³/mol. The van der Waals surface area contributed by atoms with Gasteiger partial charge in [0.1, 0.15) is 0 Å². The Morgan fingerprint density at radius 2 is 1.53 bits per heavy atom. The van der Waals surface area contributed by atoms with E-state index in [4.69, 9.17) is 0 Å². The van der Waals surface area contributed by atoms with E-state index in [1.807, 2.05) is 20.8 Å². The van der Waals surface area contributed by atoms with Crippen LogP contribution in [0.1, 0.15) is 54.4 Å². The second-order valence-electron chi connectivity index (χ2n) is 6.95. The smallest absolute Gasteiger partial charge is 0.225 e. The van der Waals surface area contributed by atoms with Crippen LogP contribution in [0.5, 0.6) is 0 Å². The Morgan fingerprint density at radius 3 is 1.87 bits per heavy atom. The summed E-state index contributed by atoms with van der Waals surface area (Å²) in [7, 11) is 0. The van der Waals surface area contributed by atoms with E-state index in [9.17, 15) is 4.79 Å². The molecule has 0 heterocycles. The van der Waals surface area contributed by atoms with Crippen LogP contribution in [0.2, 0.25) is 0 Å². The van der Waals surface area contributed by atoms with Gasteiger partial charge in [-0.15, -0.1) is 0 Å². The van der Waals surface area contributed by atoms with Crippen molar-refractivity contribution >= 4 is 5.91 Å². The third kappa shape index (κ3) is 3.22. The van der Waals surface area contributed by atoms with E-state index >= 15 is 0 Å². The molecule has 1 rings (SSSR count). The molecule has 0 saturated heterocycles. The van der Waals surface area contributed by atoms with Gasteiger partial charge in [0.05, 0.1) is 0 Å². The van der Waals surface area contributed by atoms with Crippen LogP contribution in [0, 0.1) is 16.7 Å². The Morgan fingerprint density at radius 1 is 1.07 bits per heavy atom. The Labute approximate surface area is 93.8 Å². The molecule has 0 spiro atoms. The standard InChI is InChI=1S/C13H25NO/c1-12(2,3)9-7-10(8-9)14-11(15)13(4,5)6/h9-10H,7-8H2,1-6H3,(H,14,15). The van der Waals surface area contributed by atoms with Crippen molar-refractivity contribution in [3.05, 3.63) is 0 Å². The van der Waals surface area contributed by atoms with Crippen molar-refractivity contribution in [1.29, 1.82) is 0 Å². The average molecular weight is 211 g/mol. The van der Waals surface area contributed by atoms with Gasteiger partial charge in [-0.2, -0.15) is 0 Å². The Hall–Kier alpha value is -0.530. The minimum absolute atomic E-state index is 0.180. The summed E-state index contributed by atoms with van der Waals surface area (Å²) in [6.45, 7) is 12.7. The lowest BCUT2D eigenvalue weighted by Crippen LogP contribution is -2.50. The third-order valence-corrected chi connectivity index (χ3v) is 3.38. The van der Waals surface area contributed by atoms with E-state index in [0.29, 0.717) is 11.5 Å². The maximum absolute atomic E-state index is 11.7. The molecule has 0 bridgehead atoms. The molecule has 0 aromatic heterocycles. The topological polar surface area (TPSA) is 29.1 Å². The SMILES string of the molecule is CC(C)(C)C(=O)NC1CC(C(C)(C)C)C1.